The second kappa shape index (κ2) is 7.41. The van der Waals surface area contributed by atoms with Gasteiger partial charge in [-0.05, 0) is 50.9 Å². The molecule has 1 saturated heterocycles. The third-order valence-corrected chi connectivity index (χ3v) is 3.92. The Morgan fingerprint density at radius 2 is 2.29 bits per heavy atom. The van der Waals surface area contributed by atoms with Gasteiger partial charge in [0.25, 0.3) is 0 Å². The zero-order chi connectivity index (χ0) is 15.2. The molecule has 3 N–H and O–H groups in total. The molecular formula is C16H23FN2O2. The van der Waals surface area contributed by atoms with E-state index in [9.17, 15) is 9.18 Å². The number of anilines is 1. The topological polar surface area (TPSA) is 61.4 Å². The third-order valence-electron chi connectivity index (χ3n) is 3.92. The van der Waals surface area contributed by atoms with Crippen molar-refractivity contribution in [3.63, 3.8) is 0 Å². The molecule has 4 nitrogen and oxygen atoms in total. The predicted molar refractivity (Wildman–Crippen MR) is 81.3 cm³/mol. The van der Waals surface area contributed by atoms with Crippen molar-refractivity contribution in [2.75, 3.05) is 11.9 Å². The number of carboxylic acids is 1. The van der Waals surface area contributed by atoms with Crippen LogP contribution in [-0.2, 0) is 0 Å². The van der Waals surface area contributed by atoms with Crippen LogP contribution in [0.1, 0.15) is 49.4 Å². The molecule has 1 aliphatic rings. The molecule has 0 spiro atoms. The smallest absolute Gasteiger partial charge is 0.335 e. The summed E-state index contributed by atoms with van der Waals surface area (Å²) in [4.78, 5) is 10.9. The van der Waals surface area contributed by atoms with Crippen LogP contribution < -0.4 is 10.6 Å². The predicted octanol–water partition coefficient (Wildman–Crippen LogP) is 3.25. The minimum Gasteiger partial charge on any atom is -0.478 e. The summed E-state index contributed by atoms with van der Waals surface area (Å²) < 4.78 is 13.8. The minimum absolute atomic E-state index is 0.0825. The van der Waals surface area contributed by atoms with Crippen molar-refractivity contribution in [1.82, 2.24) is 5.32 Å². The molecule has 2 atom stereocenters. The van der Waals surface area contributed by atoms with Crippen LogP contribution in [0.2, 0.25) is 0 Å². The van der Waals surface area contributed by atoms with E-state index in [1.165, 1.54) is 37.5 Å². The summed E-state index contributed by atoms with van der Waals surface area (Å²) in [5, 5.41) is 15.6. The molecule has 2 rings (SSSR count). The summed E-state index contributed by atoms with van der Waals surface area (Å²) >= 11 is 0. The Kier molecular flexibility index (Phi) is 5.56. The van der Waals surface area contributed by atoms with E-state index in [0.29, 0.717) is 6.04 Å². The van der Waals surface area contributed by atoms with Crippen LogP contribution in [0.4, 0.5) is 10.1 Å². The average molecular weight is 294 g/mol. The first-order chi connectivity index (χ1) is 10.1. The van der Waals surface area contributed by atoms with Gasteiger partial charge in [0.05, 0.1) is 11.3 Å². The van der Waals surface area contributed by atoms with Gasteiger partial charge in [-0.2, -0.15) is 0 Å². The standard InChI is InChI=1S/C16H23FN2O2/c1-11(9-13-5-3-2-4-8-18-13)19-15-10-12(16(20)21)6-7-14(15)17/h6-7,10-11,13,18-19H,2-5,8-9H2,1H3,(H,20,21). The number of benzene rings is 1. The molecular weight excluding hydrogens is 271 g/mol. The van der Waals surface area contributed by atoms with Crippen LogP contribution in [0.3, 0.4) is 0 Å². The van der Waals surface area contributed by atoms with E-state index in [1.54, 1.807) is 0 Å². The molecule has 116 valence electrons. The normalized spacial score (nSPS) is 20.6. The van der Waals surface area contributed by atoms with Crippen molar-refractivity contribution in [1.29, 1.82) is 0 Å². The molecule has 5 heteroatoms. The number of rotatable bonds is 5. The molecule has 2 unspecified atom stereocenters. The maximum Gasteiger partial charge on any atom is 0.335 e. The zero-order valence-corrected chi connectivity index (χ0v) is 12.4. The van der Waals surface area contributed by atoms with E-state index in [0.717, 1.165) is 19.4 Å². The van der Waals surface area contributed by atoms with Crippen LogP contribution in [0.5, 0.6) is 0 Å². The summed E-state index contributed by atoms with van der Waals surface area (Å²) in [6.45, 7) is 3.04. The van der Waals surface area contributed by atoms with Crippen molar-refractivity contribution < 1.29 is 14.3 Å². The van der Waals surface area contributed by atoms with Crippen molar-refractivity contribution in [2.45, 2.75) is 51.1 Å². The largest absolute Gasteiger partial charge is 0.478 e. The lowest BCUT2D eigenvalue weighted by Gasteiger charge is -2.22. The highest BCUT2D eigenvalue weighted by Crippen LogP contribution is 2.20. The van der Waals surface area contributed by atoms with Gasteiger partial charge < -0.3 is 15.7 Å². The fourth-order valence-corrected chi connectivity index (χ4v) is 2.82. The highest BCUT2D eigenvalue weighted by atomic mass is 19.1. The second-order valence-electron chi connectivity index (χ2n) is 5.78. The van der Waals surface area contributed by atoms with Gasteiger partial charge in [-0.15, -0.1) is 0 Å². The van der Waals surface area contributed by atoms with Gasteiger partial charge in [-0.1, -0.05) is 12.8 Å². The van der Waals surface area contributed by atoms with Crippen LogP contribution in [0.15, 0.2) is 18.2 Å². The number of hydrogen-bond acceptors (Lipinski definition) is 3. The Bertz CT molecular complexity index is 485. The monoisotopic (exact) mass is 294 g/mol. The summed E-state index contributed by atoms with van der Waals surface area (Å²) in [5.41, 5.74) is 0.356. The molecule has 0 saturated carbocycles. The number of hydrogen-bond donors (Lipinski definition) is 3. The van der Waals surface area contributed by atoms with Gasteiger partial charge in [0.15, 0.2) is 0 Å². The molecule has 0 bridgehead atoms. The van der Waals surface area contributed by atoms with Crippen LogP contribution >= 0.6 is 0 Å². The second-order valence-corrected chi connectivity index (χ2v) is 5.78. The Morgan fingerprint density at radius 3 is 3.05 bits per heavy atom. The fraction of sp³-hybridized carbons (Fsp3) is 0.562. The minimum atomic E-state index is -1.05. The van der Waals surface area contributed by atoms with E-state index >= 15 is 0 Å². The fourth-order valence-electron chi connectivity index (χ4n) is 2.82. The Balaban J connectivity index is 1.96. The van der Waals surface area contributed by atoms with E-state index in [1.807, 2.05) is 6.92 Å². The van der Waals surface area contributed by atoms with Gasteiger partial charge in [0.2, 0.25) is 0 Å². The summed E-state index contributed by atoms with van der Waals surface area (Å²) in [7, 11) is 0. The lowest BCUT2D eigenvalue weighted by molar-refractivity contribution is 0.0697. The van der Waals surface area contributed by atoms with E-state index in [-0.39, 0.29) is 17.3 Å². The van der Waals surface area contributed by atoms with Crippen molar-refractivity contribution >= 4 is 11.7 Å². The van der Waals surface area contributed by atoms with Gasteiger partial charge in [0.1, 0.15) is 5.82 Å². The van der Waals surface area contributed by atoms with Crippen LogP contribution in [-0.4, -0.2) is 29.7 Å². The first kappa shape index (κ1) is 15.8. The molecule has 0 aliphatic carbocycles. The molecule has 0 aromatic heterocycles. The first-order valence-electron chi connectivity index (χ1n) is 7.59. The Morgan fingerprint density at radius 1 is 1.48 bits per heavy atom. The molecule has 1 aliphatic heterocycles. The third kappa shape index (κ3) is 4.70. The van der Waals surface area contributed by atoms with Crippen molar-refractivity contribution in [3.8, 4) is 0 Å². The van der Waals surface area contributed by atoms with E-state index in [4.69, 9.17) is 5.11 Å². The number of halogens is 1. The van der Waals surface area contributed by atoms with E-state index in [2.05, 4.69) is 10.6 Å². The highest BCUT2D eigenvalue weighted by Gasteiger charge is 2.16. The molecule has 0 radical (unpaired) electrons. The number of aromatic carboxylic acids is 1. The molecule has 21 heavy (non-hydrogen) atoms. The van der Waals surface area contributed by atoms with Gasteiger partial charge in [0, 0.05) is 12.1 Å². The Hall–Kier alpha value is -1.62. The quantitative estimate of drug-likeness (QED) is 0.780. The maximum atomic E-state index is 13.8. The summed E-state index contributed by atoms with van der Waals surface area (Å²) in [5.74, 6) is -1.46. The van der Waals surface area contributed by atoms with Crippen molar-refractivity contribution in [3.05, 3.63) is 29.6 Å². The first-order valence-corrected chi connectivity index (χ1v) is 7.59. The number of carboxylic acid groups (broad SMARTS) is 1. The van der Waals surface area contributed by atoms with Crippen LogP contribution in [0.25, 0.3) is 0 Å². The lowest BCUT2D eigenvalue weighted by Crippen LogP contribution is -2.33. The van der Waals surface area contributed by atoms with Gasteiger partial charge >= 0.3 is 5.97 Å². The zero-order valence-electron chi connectivity index (χ0n) is 12.4. The maximum absolute atomic E-state index is 13.8. The summed E-state index contributed by atoms with van der Waals surface area (Å²) in [6, 6.07) is 4.36. The van der Waals surface area contributed by atoms with Crippen LogP contribution in [0, 0.1) is 5.82 Å². The Labute approximate surface area is 124 Å². The SMILES string of the molecule is CC(CC1CCCCCN1)Nc1cc(C(=O)O)ccc1F. The number of nitrogens with one attached hydrogen (secondary N) is 2. The lowest BCUT2D eigenvalue weighted by atomic mass is 10.0. The molecule has 1 heterocycles. The molecule has 1 aromatic carbocycles. The average Bonchev–Trinajstić information content (AvgIpc) is 2.69. The summed E-state index contributed by atoms with van der Waals surface area (Å²) in [6.07, 6.45) is 5.75. The van der Waals surface area contributed by atoms with Gasteiger partial charge in [-0.3, -0.25) is 0 Å². The van der Waals surface area contributed by atoms with Gasteiger partial charge in [-0.25, -0.2) is 9.18 Å². The molecule has 1 aromatic rings. The molecule has 0 amide bonds. The van der Waals surface area contributed by atoms with Crippen molar-refractivity contribution in [2.24, 2.45) is 0 Å². The molecule has 1 fully saturated rings. The van der Waals surface area contributed by atoms with E-state index < -0.39 is 11.8 Å². The number of carbonyl (C=O) groups is 1. The highest BCUT2D eigenvalue weighted by molar-refractivity contribution is 5.88.